The third-order valence-electron chi connectivity index (χ3n) is 3.06. The van der Waals surface area contributed by atoms with Crippen molar-refractivity contribution >= 4 is 10.8 Å². The van der Waals surface area contributed by atoms with E-state index in [1.807, 2.05) is 42.7 Å². The average Bonchev–Trinajstić information content (AvgIpc) is 2.64. The van der Waals surface area contributed by atoms with E-state index in [2.05, 4.69) is 17.1 Å². The molecule has 2 N–H and O–H groups in total. The summed E-state index contributed by atoms with van der Waals surface area (Å²) in [5.74, 6) is 0.644. The van der Waals surface area contributed by atoms with Crippen molar-refractivity contribution in [1.29, 1.82) is 0 Å². The second-order valence-corrected chi connectivity index (χ2v) is 4.89. The van der Waals surface area contributed by atoms with Crippen LogP contribution in [0.2, 0.25) is 0 Å². The van der Waals surface area contributed by atoms with Gasteiger partial charge in [-0.15, -0.1) is 0 Å². The fraction of sp³-hybridized carbons (Fsp3) is 0. The van der Waals surface area contributed by atoms with E-state index in [9.17, 15) is 0 Å². The molecule has 0 spiro atoms. The van der Waals surface area contributed by atoms with Gasteiger partial charge in [0.05, 0.1) is 0 Å². The molecule has 0 bridgehead atoms. The summed E-state index contributed by atoms with van der Waals surface area (Å²) in [7, 11) is 0. The molecule has 1 heterocycles. The molecule has 0 aliphatic carbocycles. The number of hydrogen-bond acceptors (Lipinski definition) is 3. The van der Waals surface area contributed by atoms with Crippen molar-refractivity contribution in [2.45, 2.75) is 0 Å². The summed E-state index contributed by atoms with van der Waals surface area (Å²) in [5, 5.41) is 19.7. The van der Waals surface area contributed by atoms with E-state index in [-0.39, 0.29) is 0 Å². The molecule has 0 fully saturated rings. The standard InChI is InChI=1S/C9H7N.2C6H6O/c1-2-4-9-7-10-6-5-8(9)3-1;2*7-6-4-2-1-3-5-6/h1-7H;2*1-5,7H. The molecule has 0 saturated carbocycles. The summed E-state index contributed by atoms with van der Waals surface area (Å²) in [6, 6.07) is 27.6. The molecule has 0 unspecified atom stereocenters. The molecule has 3 nitrogen and oxygen atoms in total. The Kier molecular flexibility index (Phi) is 6.84. The van der Waals surface area contributed by atoms with Gasteiger partial charge in [0.1, 0.15) is 11.5 Å². The third-order valence-corrected chi connectivity index (χ3v) is 3.06. The molecule has 3 heteroatoms. The number of phenolic OH excluding ortho intramolecular Hbond substituents is 2. The molecule has 4 aromatic rings. The van der Waals surface area contributed by atoms with Crippen LogP contribution in [0.5, 0.6) is 11.5 Å². The fourth-order valence-corrected chi connectivity index (χ4v) is 1.88. The van der Waals surface area contributed by atoms with Crippen LogP contribution in [-0.2, 0) is 0 Å². The highest BCUT2D eigenvalue weighted by atomic mass is 16.3. The van der Waals surface area contributed by atoms with Gasteiger partial charge in [-0.2, -0.15) is 0 Å². The van der Waals surface area contributed by atoms with Crippen molar-refractivity contribution in [3.8, 4) is 11.5 Å². The number of phenols is 2. The van der Waals surface area contributed by atoms with Gasteiger partial charge in [0.2, 0.25) is 0 Å². The van der Waals surface area contributed by atoms with Crippen LogP contribution in [0.15, 0.2) is 103 Å². The Bertz CT molecular complexity index is 730. The van der Waals surface area contributed by atoms with Crippen molar-refractivity contribution in [3.05, 3.63) is 103 Å². The molecule has 4 rings (SSSR count). The van der Waals surface area contributed by atoms with Crippen LogP contribution in [0.4, 0.5) is 0 Å². The summed E-state index contributed by atoms with van der Waals surface area (Å²) >= 11 is 0. The zero-order valence-electron chi connectivity index (χ0n) is 13.2. The zero-order chi connectivity index (χ0) is 17.0. The first-order chi connectivity index (χ1) is 11.8. The van der Waals surface area contributed by atoms with Gasteiger partial charge in [-0.25, -0.2) is 0 Å². The van der Waals surface area contributed by atoms with Gasteiger partial charge in [0.15, 0.2) is 0 Å². The summed E-state index contributed by atoms with van der Waals surface area (Å²) in [6.45, 7) is 0. The van der Waals surface area contributed by atoms with E-state index < -0.39 is 0 Å². The number of nitrogens with zero attached hydrogens (tertiary/aromatic N) is 1. The monoisotopic (exact) mass is 317 g/mol. The largest absolute Gasteiger partial charge is 0.508 e. The minimum absolute atomic E-state index is 0.322. The van der Waals surface area contributed by atoms with E-state index in [1.165, 1.54) is 10.8 Å². The first-order valence-corrected chi connectivity index (χ1v) is 7.52. The Morgan fingerprint density at radius 2 is 0.958 bits per heavy atom. The highest BCUT2D eigenvalue weighted by Gasteiger charge is 1.86. The van der Waals surface area contributed by atoms with Crippen LogP contribution >= 0.6 is 0 Å². The predicted octanol–water partition coefficient (Wildman–Crippen LogP) is 5.02. The normalized spacial score (nSPS) is 9.17. The van der Waals surface area contributed by atoms with Crippen LogP contribution in [0.25, 0.3) is 10.8 Å². The van der Waals surface area contributed by atoms with E-state index in [4.69, 9.17) is 10.2 Å². The maximum atomic E-state index is 8.63. The van der Waals surface area contributed by atoms with Crippen molar-refractivity contribution in [2.24, 2.45) is 0 Å². The minimum atomic E-state index is 0.322. The van der Waals surface area contributed by atoms with Gasteiger partial charge in [-0.05, 0) is 41.1 Å². The third kappa shape index (κ3) is 6.20. The highest BCUT2D eigenvalue weighted by molar-refractivity contribution is 5.80. The second-order valence-electron chi connectivity index (χ2n) is 4.89. The van der Waals surface area contributed by atoms with E-state index in [0.29, 0.717) is 11.5 Å². The lowest BCUT2D eigenvalue weighted by Crippen LogP contribution is -1.71. The van der Waals surface area contributed by atoms with Crippen molar-refractivity contribution in [2.75, 3.05) is 0 Å². The molecule has 120 valence electrons. The molecule has 3 aromatic carbocycles. The molecule has 0 amide bonds. The Hall–Kier alpha value is -3.33. The maximum Gasteiger partial charge on any atom is 0.115 e. The molecule has 24 heavy (non-hydrogen) atoms. The van der Waals surface area contributed by atoms with Crippen molar-refractivity contribution < 1.29 is 10.2 Å². The van der Waals surface area contributed by atoms with Crippen molar-refractivity contribution in [3.63, 3.8) is 0 Å². The number of para-hydroxylation sites is 2. The first kappa shape index (κ1) is 17.0. The van der Waals surface area contributed by atoms with Crippen LogP contribution in [0, 0.1) is 0 Å². The Labute approximate surface area is 141 Å². The number of benzene rings is 3. The van der Waals surface area contributed by atoms with Gasteiger partial charge in [-0.1, -0.05) is 60.7 Å². The lowest BCUT2D eigenvalue weighted by atomic mass is 10.2. The molecule has 0 aliphatic rings. The van der Waals surface area contributed by atoms with Crippen LogP contribution in [0.1, 0.15) is 0 Å². The molecule has 0 aliphatic heterocycles. The maximum absolute atomic E-state index is 8.63. The molecule has 0 saturated heterocycles. The first-order valence-electron chi connectivity index (χ1n) is 7.52. The predicted molar refractivity (Wildman–Crippen MR) is 98.0 cm³/mol. The summed E-state index contributed by atoms with van der Waals surface area (Å²) in [6.07, 6.45) is 3.68. The average molecular weight is 317 g/mol. The van der Waals surface area contributed by atoms with E-state index in [0.717, 1.165) is 0 Å². The number of aromatic nitrogens is 1. The lowest BCUT2D eigenvalue weighted by Gasteiger charge is -1.91. The summed E-state index contributed by atoms with van der Waals surface area (Å²) in [4.78, 5) is 4.01. The van der Waals surface area contributed by atoms with Gasteiger partial charge in [0, 0.05) is 12.4 Å². The molecular formula is C21H19NO2. The SMILES string of the molecule is Oc1ccccc1.Oc1ccccc1.c1ccc2cnccc2c1. The second kappa shape index (κ2) is 9.64. The van der Waals surface area contributed by atoms with Gasteiger partial charge in [-0.3, -0.25) is 4.98 Å². The van der Waals surface area contributed by atoms with Crippen LogP contribution < -0.4 is 0 Å². The quantitative estimate of drug-likeness (QED) is 0.479. The number of aromatic hydroxyl groups is 2. The Balaban J connectivity index is 0.000000134. The molecule has 0 radical (unpaired) electrons. The molecular weight excluding hydrogens is 298 g/mol. The number of hydrogen-bond donors (Lipinski definition) is 2. The molecule has 1 aromatic heterocycles. The summed E-state index contributed by atoms with van der Waals surface area (Å²) in [5.41, 5.74) is 0. The number of rotatable bonds is 0. The highest BCUT2D eigenvalue weighted by Crippen LogP contribution is 2.09. The number of pyridine rings is 1. The van der Waals surface area contributed by atoms with Gasteiger partial charge >= 0.3 is 0 Å². The smallest absolute Gasteiger partial charge is 0.115 e. The van der Waals surface area contributed by atoms with Crippen LogP contribution in [0.3, 0.4) is 0 Å². The Morgan fingerprint density at radius 1 is 0.500 bits per heavy atom. The zero-order valence-corrected chi connectivity index (χ0v) is 13.2. The van der Waals surface area contributed by atoms with Crippen molar-refractivity contribution in [1.82, 2.24) is 4.98 Å². The fourth-order valence-electron chi connectivity index (χ4n) is 1.88. The summed E-state index contributed by atoms with van der Waals surface area (Å²) < 4.78 is 0. The van der Waals surface area contributed by atoms with Gasteiger partial charge < -0.3 is 10.2 Å². The van der Waals surface area contributed by atoms with Gasteiger partial charge in [0.25, 0.3) is 0 Å². The topological polar surface area (TPSA) is 53.4 Å². The molecule has 0 atom stereocenters. The Morgan fingerprint density at radius 3 is 1.38 bits per heavy atom. The van der Waals surface area contributed by atoms with E-state index >= 15 is 0 Å². The number of fused-ring (bicyclic) bond motifs is 1. The van der Waals surface area contributed by atoms with E-state index in [1.54, 1.807) is 48.5 Å². The minimum Gasteiger partial charge on any atom is -0.508 e. The lowest BCUT2D eigenvalue weighted by molar-refractivity contribution is 0.475. The van der Waals surface area contributed by atoms with Crippen LogP contribution in [-0.4, -0.2) is 15.2 Å².